The van der Waals surface area contributed by atoms with Crippen molar-refractivity contribution in [1.82, 2.24) is 4.90 Å². The molecule has 0 saturated carbocycles. The number of piperidine rings is 1. The van der Waals surface area contributed by atoms with Gasteiger partial charge in [0.1, 0.15) is 5.76 Å². The molecule has 120 valence electrons. The molecule has 1 aliphatic rings. The Kier molecular flexibility index (Phi) is 4.33. The van der Waals surface area contributed by atoms with Crippen molar-refractivity contribution in [2.75, 3.05) is 13.1 Å². The van der Waals surface area contributed by atoms with Crippen molar-refractivity contribution >= 4 is 5.91 Å². The minimum absolute atomic E-state index is 0.139. The predicted octanol–water partition coefficient (Wildman–Crippen LogP) is 3.28. The first-order valence-corrected chi connectivity index (χ1v) is 8.00. The van der Waals surface area contributed by atoms with E-state index in [2.05, 4.69) is 31.2 Å². The SMILES string of the molecule is Cc1cccc([C@@H]2CCCN(C(=O)c3cc(=O)cc(C)o3)C2)c1. The summed E-state index contributed by atoms with van der Waals surface area (Å²) in [5, 5.41) is 0. The summed E-state index contributed by atoms with van der Waals surface area (Å²) in [4.78, 5) is 26.0. The Morgan fingerprint density at radius 2 is 2.04 bits per heavy atom. The fourth-order valence-electron chi connectivity index (χ4n) is 3.22. The molecule has 1 saturated heterocycles. The smallest absolute Gasteiger partial charge is 0.289 e. The zero-order valence-electron chi connectivity index (χ0n) is 13.5. The average molecular weight is 311 g/mol. The van der Waals surface area contributed by atoms with Crippen molar-refractivity contribution in [2.24, 2.45) is 0 Å². The van der Waals surface area contributed by atoms with Crippen LogP contribution in [-0.4, -0.2) is 23.9 Å². The lowest BCUT2D eigenvalue weighted by Crippen LogP contribution is -2.39. The van der Waals surface area contributed by atoms with Gasteiger partial charge >= 0.3 is 0 Å². The Bertz CT molecular complexity index is 778. The molecule has 0 N–H and O–H groups in total. The maximum atomic E-state index is 12.6. The number of amides is 1. The van der Waals surface area contributed by atoms with Crippen molar-refractivity contribution < 1.29 is 9.21 Å². The lowest BCUT2D eigenvalue weighted by atomic mass is 9.89. The molecule has 1 aromatic carbocycles. The van der Waals surface area contributed by atoms with Crippen molar-refractivity contribution in [3.05, 3.63) is 69.3 Å². The molecule has 1 aromatic heterocycles. The Hall–Kier alpha value is -2.36. The molecule has 0 bridgehead atoms. The number of rotatable bonds is 2. The van der Waals surface area contributed by atoms with Gasteiger partial charge in [-0.3, -0.25) is 9.59 Å². The normalized spacial score (nSPS) is 18.0. The summed E-state index contributed by atoms with van der Waals surface area (Å²) in [6.45, 7) is 5.14. The predicted molar refractivity (Wildman–Crippen MR) is 88.8 cm³/mol. The van der Waals surface area contributed by atoms with Gasteiger partial charge < -0.3 is 9.32 Å². The van der Waals surface area contributed by atoms with E-state index in [1.54, 1.807) is 11.8 Å². The van der Waals surface area contributed by atoms with Crippen LogP contribution in [-0.2, 0) is 0 Å². The largest absolute Gasteiger partial charge is 0.456 e. The van der Waals surface area contributed by atoms with Gasteiger partial charge in [0.15, 0.2) is 11.2 Å². The molecule has 4 heteroatoms. The minimum atomic E-state index is -0.192. The molecule has 23 heavy (non-hydrogen) atoms. The zero-order valence-corrected chi connectivity index (χ0v) is 13.5. The second-order valence-corrected chi connectivity index (χ2v) is 6.27. The molecule has 2 aromatic rings. The first-order valence-electron chi connectivity index (χ1n) is 8.00. The Balaban J connectivity index is 1.80. The van der Waals surface area contributed by atoms with E-state index in [-0.39, 0.29) is 17.1 Å². The van der Waals surface area contributed by atoms with Crippen LogP contribution in [0, 0.1) is 13.8 Å². The van der Waals surface area contributed by atoms with Crippen LogP contribution in [0.25, 0.3) is 0 Å². The quantitative estimate of drug-likeness (QED) is 0.855. The van der Waals surface area contributed by atoms with E-state index in [1.165, 1.54) is 23.3 Å². The van der Waals surface area contributed by atoms with Gasteiger partial charge in [0.05, 0.1) is 0 Å². The van der Waals surface area contributed by atoms with Gasteiger partial charge in [0, 0.05) is 31.1 Å². The number of nitrogens with zero attached hydrogens (tertiary/aromatic N) is 1. The van der Waals surface area contributed by atoms with E-state index in [9.17, 15) is 9.59 Å². The van der Waals surface area contributed by atoms with Gasteiger partial charge in [-0.2, -0.15) is 0 Å². The summed E-state index contributed by atoms with van der Waals surface area (Å²) in [7, 11) is 0. The molecule has 0 spiro atoms. The summed E-state index contributed by atoms with van der Waals surface area (Å²) in [5.74, 6) is 0.750. The van der Waals surface area contributed by atoms with E-state index in [0.29, 0.717) is 24.8 Å². The van der Waals surface area contributed by atoms with Crippen LogP contribution in [0.15, 0.2) is 45.6 Å². The van der Waals surface area contributed by atoms with Gasteiger partial charge in [0.25, 0.3) is 5.91 Å². The molecule has 1 fully saturated rings. The first kappa shape index (κ1) is 15.5. The van der Waals surface area contributed by atoms with Crippen LogP contribution >= 0.6 is 0 Å². The van der Waals surface area contributed by atoms with Gasteiger partial charge in [0.2, 0.25) is 0 Å². The van der Waals surface area contributed by atoms with E-state index >= 15 is 0 Å². The second kappa shape index (κ2) is 6.41. The molecule has 4 nitrogen and oxygen atoms in total. The minimum Gasteiger partial charge on any atom is -0.456 e. The number of benzene rings is 1. The summed E-state index contributed by atoms with van der Waals surface area (Å²) < 4.78 is 5.44. The van der Waals surface area contributed by atoms with Gasteiger partial charge in [-0.05, 0) is 32.3 Å². The number of likely N-dealkylation sites (tertiary alicyclic amines) is 1. The fraction of sp³-hybridized carbons (Fsp3) is 0.368. The van der Waals surface area contributed by atoms with Crippen molar-refractivity contribution in [3.63, 3.8) is 0 Å². The Morgan fingerprint density at radius 3 is 2.78 bits per heavy atom. The lowest BCUT2D eigenvalue weighted by Gasteiger charge is -2.32. The highest BCUT2D eigenvalue weighted by Gasteiger charge is 2.27. The molecule has 0 aliphatic carbocycles. The second-order valence-electron chi connectivity index (χ2n) is 6.27. The van der Waals surface area contributed by atoms with Gasteiger partial charge in [-0.1, -0.05) is 29.8 Å². The van der Waals surface area contributed by atoms with Crippen molar-refractivity contribution in [1.29, 1.82) is 0 Å². The topological polar surface area (TPSA) is 50.5 Å². The highest BCUT2D eigenvalue weighted by molar-refractivity contribution is 5.91. The van der Waals surface area contributed by atoms with Crippen LogP contribution in [0.4, 0.5) is 0 Å². The van der Waals surface area contributed by atoms with E-state index in [1.807, 2.05) is 0 Å². The number of carbonyl (C=O) groups excluding carboxylic acids is 1. The number of hydrogen-bond donors (Lipinski definition) is 0. The summed E-state index contributed by atoms with van der Waals surface area (Å²) in [5.41, 5.74) is 2.31. The molecule has 0 radical (unpaired) electrons. The molecular weight excluding hydrogens is 290 g/mol. The number of aryl methyl sites for hydroxylation is 2. The highest BCUT2D eigenvalue weighted by atomic mass is 16.3. The molecule has 1 atom stereocenters. The summed E-state index contributed by atoms with van der Waals surface area (Å²) in [6.07, 6.45) is 2.03. The maximum absolute atomic E-state index is 12.6. The van der Waals surface area contributed by atoms with Crippen LogP contribution in [0.2, 0.25) is 0 Å². The molecule has 3 rings (SSSR count). The van der Waals surface area contributed by atoms with Gasteiger partial charge in [-0.25, -0.2) is 0 Å². The number of hydrogen-bond acceptors (Lipinski definition) is 3. The molecule has 0 unspecified atom stereocenters. The Labute approximate surface area is 135 Å². The van der Waals surface area contributed by atoms with Crippen LogP contribution in [0.3, 0.4) is 0 Å². The molecule has 1 aliphatic heterocycles. The fourth-order valence-corrected chi connectivity index (χ4v) is 3.22. The average Bonchev–Trinajstić information content (AvgIpc) is 2.53. The Morgan fingerprint density at radius 1 is 1.22 bits per heavy atom. The zero-order chi connectivity index (χ0) is 16.4. The summed E-state index contributed by atoms with van der Waals surface area (Å²) in [6, 6.07) is 11.1. The van der Waals surface area contributed by atoms with E-state index in [0.717, 1.165) is 12.8 Å². The van der Waals surface area contributed by atoms with Crippen molar-refractivity contribution in [2.45, 2.75) is 32.6 Å². The lowest BCUT2D eigenvalue weighted by molar-refractivity contribution is 0.0670. The van der Waals surface area contributed by atoms with E-state index < -0.39 is 0 Å². The monoisotopic (exact) mass is 311 g/mol. The summed E-state index contributed by atoms with van der Waals surface area (Å²) >= 11 is 0. The number of carbonyl (C=O) groups is 1. The van der Waals surface area contributed by atoms with Crippen LogP contribution < -0.4 is 5.43 Å². The third kappa shape index (κ3) is 3.52. The van der Waals surface area contributed by atoms with Crippen LogP contribution in [0.5, 0.6) is 0 Å². The van der Waals surface area contributed by atoms with Gasteiger partial charge in [-0.15, -0.1) is 0 Å². The molecule has 1 amide bonds. The maximum Gasteiger partial charge on any atom is 0.289 e. The highest BCUT2D eigenvalue weighted by Crippen LogP contribution is 2.28. The first-order chi connectivity index (χ1) is 11.0. The van der Waals surface area contributed by atoms with E-state index in [4.69, 9.17) is 4.42 Å². The van der Waals surface area contributed by atoms with Crippen LogP contribution in [0.1, 0.15) is 46.2 Å². The third-order valence-corrected chi connectivity index (χ3v) is 4.32. The molecular formula is C19H21NO3. The van der Waals surface area contributed by atoms with Crippen molar-refractivity contribution in [3.8, 4) is 0 Å². The third-order valence-electron chi connectivity index (χ3n) is 4.32. The standard InChI is InChI=1S/C19H21NO3/c1-13-5-3-6-15(9-13)16-7-4-8-20(12-16)19(22)18-11-17(21)10-14(2)23-18/h3,5-6,9-11,16H,4,7-8,12H2,1-2H3/t16-/m1/s1. The molecule has 2 heterocycles.